The molecule has 0 aliphatic rings. The van der Waals surface area contributed by atoms with Crippen LogP contribution in [0.25, 0.3) is 0 Å². The van der Waals surface area contributed by atoms with E-state index in [0.717, 1.165) is 0 Å². The lowest BCUT2D eigenvalue weighted by Crippen LogP contribution is -2.36. The summed E-state index contributed by atoms with van der Waals surface area (Å²) in [5.74, 6) is -1.14. The quantitative estimate of drug-likeness (QED) is 0.646. The summed E-state index contributed by atoms with van der Waals surface area (Å²) >= 11 is 0. The van der Waals surface area contributed by atoms with Crippen molar-refractivity contribution >= 4 is 23.4 Å². The number of nitrogens with one attached hydrogen (secondary N) is 2. The van der Waals surface area contributed by atoms with Gasteiger partial charge in [0, 0.05) is 0 Å². The molecule has 5 N–H and O–H groups in total. The van der Waals surface area contributed by atoms with Gasteiger partial charge in [0.05, 0.1) is 11.4 Å². The van der Waals surface area contributed by atoms with Crippen LogP contribution in [0, 0.1) is 0 Å². The highest BCUT2D eigenvalue weighted by Crippen LogP contribution is 2.17. The summed E-state index contributed by atoms with van der Waals surface area (Å²) in [4.78, 5) is 23.2. The second kappa shape index (κ2) is 6.42. The standard InChI is InChI=1S/C15H15N3O3/c16-11-8-4-5-9-12(11)17-15(21)18-13(14(19)20)10-6-2-1-3-7-10/h1-9,13H,16H2,(H,19,20)(H2,17,18,21)/t13-/m0/s1. The molecule has 6 nitrogen and oxygen atoms in total. The largest absolute Gasteiger partial charge is 0.479 e. The zero-order valence-corrected chi connectivity index (χ0v) is 11.1. The molecule has 0 aromatic heterocycles. The summed E-state index contributed by atoms with van der Waals surface area (Å²) in [6.45, 7) is 0. The number of nitrogen functional groups attached to an aromatic ring is 1. The van der Waals surface area contributed by atoms with Crippen molar-refractivity contribution in [1.29, 1.82) is 0 Å². The van der Waals surface area contributed by atoms with Gasteiger partial charge < -0.3 is 21.5 Å². The predicted octanol–water partition coefficient (Wildman–Crippen LogP) is 2.22. The Hall–Kier alpha value is -3.02. The number of carboxylic acids is 1. The van der Waals surface area contributed by atoms with Crippen molar-refractivity contribution in [2.45, 2.75) is 6.04 Å². The molecule has 0 unspecified atom stereocenters. The lowest BCUT2D eigenvalue weighted by Gasteiger charge is -2.16. The highest BCUT2D eigenvalue weighted by atomic mass is 16.4. The van der Waals surface area contributed by atoms with E-state index in [1.54, 1.807) is 54.6 Å². The molecular weight excluding hydrogens is 270 g/mol. The Balaban J connectivity index is 2.10. The Bertz CT molecular complexity index is 644. The topological polar surface area (TPSA) is 104 Å². The van der Waals surface area contributed by atoms with Crippen molar-refractivity contribution in [3.63, 3.8) is 0 Å². The lowest BCUT2D eigenvalue weighted by atomic mass is 10.1. The summed E-state index contributed by atoms with van der Waals surface area (Å²) in [7, 11) is 0. The zero-order valence-electron chi connectivity index (χ0n) is 11.1. The second-order valence-electron chi connectivity index (χ2n) is 4.37. The minimum absolute atomic E-state index is 0.402. The molecule has 0 aliphatic carbocycles. The van der Waals surface area contributed by atoms with E-state index in [-0.39, 0.29) is 0 Å². The number of anilines is 2. The van der Waals surface area contributed by atoms with Gasteiger partial charge in [-0.25, -0.2) is 9.59 Å². The van der Waals surface area contributed by atoms with Gasteiger partial charge in [0.25, 0.3) is 0 Å². The normalized spacial score (nSPS) is 11.4. The molecule has 2 rings (SSSR count). The van der Waals surface area contributed by atoms with Gasteiger partial charge in [0.15, 0.2) is 6.04 Å². The fourth-order valence-electron chi connectivity index (χ4n) is 1.83. The number of carbonyl (C=O) groups is 2. The van der Waals surface area contributed by atoms with Gasteiger partial charge in [0.1, 0.15) is 0 Å². The van der Waals surface area contributed by atoms with Crippen LogP contribution < -0.4 is 16.4 Å². The van der Waals surface area contributed by atoms with Gasteiger partial charge >= 0.3 is 12.0 Å². The van der Waals surface area contributed by atoms with Gasteiger partial charge in [-0.1, -0.05) is 42.5 Å². The van der Waals surface area contributed by atoms with Crippen LogP contribution in [-0.4, -0.2) is 17.1 Å². The third-order valence-corrected chi connectivity index (χ3v) is 2.86. The molecular formula is C15H15N3O3. The van der Waals surface area contributed by atoms with E-state index in [1.807, 2.05) is 0 Å². The molecule has 108 valence electrons. The molecule has 6 heteroatoms. The Morgan fingerprint density at radius 3 is 2.24 bits per heavy atom. The van der Waals surface area contributed by atoms with Crippen molar-refractivity contribution in [3.8, 4) is 0 Å². The monoisotopic (exact) mass is 285 g/mol. The van der Waals surface area contributed by atoms with Crippen LogP contribution in [-0.2, 0) is 4.79 Å². The summed E-state index contributed by atoms with van der Waals surface area (Å²) in [5.41, 5.74) is 7.02. The highest BCUT2D eigenvalue weighted by Gasteiger charge is 2.21. The highest BCUT2D eigenvalue weighted by molar-refractivity contribution is 5.95. The number of aliphatic carboxylic acids is 1. The average molecular weight is 285 g/mol. The summed E-state index contributed by atoms with van der Waals surface area (Å²) in [5, 5.41) is 14.2. The number of para-hydroxylation sites is 2. The predicted molar refractivity (Wildman–Crippen MR) is 79.8 cm³/mol. The number of benzene rings is 2. The molecule has 0 aliphatic heterocycles. The minimum atomic E-state index is -1.14. The fourth-order valence-corrected chi connectivity index (χ4v) is 1.83. The summed E-state index contributed by atoms with van der Waals surface area (Å²) < 4.78 is 0. The maximum absolute atomic E-state index is 11.9. The molecule has 21 heavy (non-hydrogen) atoms. The number of carbonyl (C=O) groups excluding carboxylic acids is 1. The minimum Gasteiger partial charge on any atom is -0.479 e. The first kappa shape index (κ1) is 14.4. The second-order valence-corrected chi connectivity index (χ2v) is 4.37. The Morgan fingerprint density at radius 2 is 1.62 bits per heavy atom. The fraction of sp³-hybridized carbons (Fsp3) is 0.0667. The van der Waals surface area contributed by atoms with E-state index in [4.69, 9.17) is 5.73 Å². The maximum Gasteiger partial charge on any atom is 0.330 e. The van der Waals surface area contributed by atoms with Crippen LogP contribution in [0.3, 0.4) is 0 Å². The van der Waals surface area contributed by atoms with Gasteiger partial charge in [-0.3, -0.25) is 0 Å². The lowest BCUT2D eigenvalue weighted by molar-refractivity contribution is -0.139. The summed E-state index contributed by atoms with van der Waals surface area (Å²) in [6, 6.07) is 13.4. The van der Waals surface area contributed by atoms with Crippen LogP contribution in [0.15, 0.2) is 54.6 Å². The number of hydrogen-bond acceptors (Lipinski definition) is 3. The number of amides is 2. The van der Waals surface area contributed by atoms with Crippen molar-refractivity contribution in [1.82, 2.24) is 5.32 Å². The van der Waals surface area contributed by atoms with E-state index < -0.39 is 18.0 Å². The van der Waals surface area contributed by atoms with E-state index in [2.05, 4.69) is 10.6 Å². The van der Waals surface area contributed by atoms with Gasteiger partial charge in [-0.05, 0) is 17.7 Å². The zero-order chi connectivity index (χ0) is 15.2. The molecule has 0 saturated carbocycles. The molecule has 0 radical (unpaired) electrons. The van der Waals surface area contributed by atoms with Crippen LogP contribution in [0.1, 0.15) is 11.6 Å². The van der Waals surface area contributed by atoms with Crippen LogP contribution in [0.5, 0.6) is 0 Å². The molecule has 1 atom stereocenters. The molecule has 0 saturated heterocycles. The first-order valence-corrected chi connectivity index (χ1v) is 6.27. The summed E-state index contributed by atoms with van der Waals surface area (Å²) in [6.07, 6.45) is 0. The maximum atomic E-state index is 11.9. The van der Waals surface area contributed by atoms with Crippen molar-refractivity contribution in [2.75, 3.05) is 11.1 Å². The Kier molecular flexibility index (Phi) is 4.40. The van der Waals surface area contributed by atoms with Crippen LogP contribution >= 0.6 is 0 Å². The number of urea groups is 1. The molecule has 2 aromatic carbocycles. The number of nitrogens with two attached hydrogens (primary N) is 1. The van der Waals surface area contributed by atoms with Crippen LogP contribution in [0.4, 0.5) is 16.2 Å². The first-order valence-electron chi connectivity index (χ1n) is 6.27. The van der Waals surface area contributed by atoms with E-state index in [9.17, 15) is 14.7 Å². The molecule has 2 aromatic rings. The molecule has 0 fully saturated rings. The number of hydrogen-bond donors (Lipinski definition) is 4. The SMILES string of the molecule is Nc1ccccc1NC(=O)N[C@H](C(=O)O)c1ccccc1. The van der Waals surface area contributed by atoms with E-state index in [0.29, 0.717) is 16.9 Å². The van der Waals surface area contributed by atoms with Crippen LogP contribution in [0.2, 0.25) is 0 Å². The van der Waals surface area contributed by atoms with E-state index >= 15 is 0 Å². The third-order valence-electron chi connectivity index (χ3n) is 2.86. The number of carboxylic acid groups (broad SMARTS) is 1. The van der Waals surface area contributed by atoms with Crippen molar-refractivity contribution < 1.29 is 14.7 Å². The van der Waals surface area contributed by atoms with Gasteiger partial charge in [-0.2, -0.15) is 0 Å². The number of rotatable bonds is 4. The molecule has 0 bridgehead atoms. The van der Waals surface area contributed by atoms with Gasteiger partial charge in [0.2, 0.25) is 0 Å². The van der Waals surface area contributed by atoms with E-state index in [1.165, 1.54) is 0 Å². The third kappa shape index (κ3) is 3.73. The Morgan fingerprint density at radius 1 is 1.00 bits per heavy atom. The smallest absolute Gasteiger partial charge is 0.330 e. The molecule has 0 heterocycles. The van der Waals surface area contributed by atoms with Gasteiger partial charge in [-0.15, -0.1) is 0 Å². The van der Waals surface area contributed by atoms with Crippen molar-refractivity contribution in [2.24, 2.45) is 0 Å². The Labute approximate surface area is 121 Å². The average Bonchev–Trinajstić information content (AvgIpc) is 2.48. The molecule has 0 spiro atoms. The van der Waals surface area contributed by atoms with Crippen molar-refractivity contribution in [3.05, 3.63) is 60.2 Å². The first-order chi connectivity index (χ1) is 10.1. The molecule has 2 amide bonds.